The largest absolute Gasteiger partial charge is 0.493 e. The average Bonchev–Trinajstić information content (AvgIpc) is 3.27. The number of sulfonamides is 1. The molecule has 0 unspecified atom stereocenters. The van der Waals surface area contributed by atoms with Crippen molar-refractivity contribution in [3.05, 3.63) is 18.2 Å². The summed E-state index contributed by atoms with van der Waals surface area (Å²) in [6.07, 6.45) is 9.38. The summed E-state index contributed by atoms with van der Waals surface area (Å²) in [6.45, 7) is 0.293. The Kier molecular flexibility index (Phi) is 5.99. The van der Waals surface area contributed by atoms with Crippen molar-refractivity contribution in [2.75, 3.05) is 27.3 Å². The van der Waals surface area contributed by atoms with Crippen molar-refractivity contribution in [2.24, 2.45) is 0 Å². The highest BCUT2D eigenvalue weighted by Gasteiger charge is 2.51. The minimum atomic E-state index is -3.82. The van der Waals surface area contributed by atoms with Crippen molar-refractivity contribution < 1.29 is 22.7 Å². The molecule has 0 N–H and O–H groups in total. The third kappa shape index (κ3) is 3.68. The van der Waals surface area contributed by atoms with E-state index in [4.69, 9.17) is 9.47 Å². The van der Waals surface area contributed by atoms with E-state index in [0.717, 1.165) is 57.8 Å². The van der Waals surface area contributed by atoms with Crippen molar-refractivity contribution in [3.63, 3.8) is 0 Å². The lowest BCUT2D eigenvalue weighted by atomic mass is 9.78. The van der Waals surface area contributed by atoms with E-state index in [2.05, 4.69) is 4.90 Å². The summed E-state index contributed by atoms with van der Waals surface area (Å²) in [5, 5.41) is 0. The Morgan fingerprint density at radius 1 is 0.967 bits per heavy atom. The van der Waals surface area contributed by atoms with Crippen LogP contribution in [0.5, 0.6) is 11.5 Å². The topological polar surface area (TPSA) is 76.2 Å². The van der Waals surface area contributed by atoms with Gasteiger partial charge in [-0.1, -0.05) is 32.1 Å². The molecule has 0 radical (unpaired) electrons. The van der Waals surface area contributed by atoms with Gasteiger partial charge in [0, 0.05) is 18.7 Å². The lowest BCUT2D eigenvalue weighted by molar-refractivity contribution is -0.150. The molecule has 1 aliphatic heterocycles. The molecule has 8 heteroatoms. The summed E-state index contributed by atoms with van der Waals surface area (Å²) in [7, 11) is -0.830. The lowest BCUT2D eigenvalue weighted by Gasteiger charge is -2.54. The maximum atomic E-state index is 13.5. The van der Waals surface area contributed by atoms with Crippen molar-refractivity contribution in [3.8, 4) is 11.5 Å². The first-order valence-electron chi connectivity index (χ1n) is 11.0. The number of piperazine rings is 1. The number of methoxy groups -OCH3 is 2. The smallest absolute Gasteiger partial charge is 0.243 e. The van der Waals surface area contributed by atoms with E-state index in [1.165, 1.54) is 30.7 Å². The van der Waals surface area contributed by atoms with Crippen molar-refractivity contribution in [1.29, 1.82) is 0 Å². The molecule has 4 rings (SSSR count). The van der Waals surface area contributed by atoms with Crippen LogP contribution in [-0.4, -0.2) is 62.4 Å². The number of benzene rings is 1. The molecule has 0 bridgehead atoms. The normalized spacial score (nSPS) is 23.1. The van der Waals surface area contributed by atoms with Gasteiger partial charge in [0.2, 0.25) is 15.9 Å². The number of ether oxygens (including phenoxy) is 2. The number of carbonyl (C=O) groups excluding carboxylic acids is 1. The first-order valence-corrected chi connectivity index (χ1v) is 12.4. The van der Waals surface area contributed by atoms with Crippen LogP contribution in [-0.2, 0) is 14.8 Å². The molecule has 1 heterocycles. The van der Waals surface area contributed by atoms with Gasteiger partial charge >= 0.3 is 0 Å². The molecule has 2 aliphatic carbocycles. The van der Waals surface area contributed by atoms with Gasteiger partial charge in [0.15, 0.2) is 11.5 Å². The second-order valence-corrected chi connectivity index (χ2v) is 10.7. The Morgan fingerprint density at radius 2 is 1.63 bits per heavy atom. The molecule has 7 nitrogen and oxygen atoms in total. The predicted molar refractivity (Wildman–Crippen MR) is 113 cm³/mol. The van der Waals surface area contributed by atoms with E-state index in [-0.39, 0.29) is 28.9 Å². The Bertz CT molecular complexity index is 889. The van der Waals surface area contributed by atoms with Gasteiger partial charge in [-0.3, -0.25) is 4.79 Å². The van der Waals surface area contributed by atoms with Crippen LogP contribution < -0.4 is 9.47 Å². The number of amides is 1. The van der Waals surface area contributed by atoms with Gasteiger partial charge < -0.3 is 14.4 Å². The van der Waals surface area contributed by atoms with Crippen LogP contribution in [0.25, 0.3) is 0 Å². The fourth-order valence-corrected chi connectivity index (χ4v) is 7.10. The zero-order valence-corrected chi connectivity index (χ0v) is 18.7. The van der Waals surface area contributed by atoms with Gasteiger partial charge in [-0.25, -0.2) is 8.42 Å². The molecule has 2 saturated carbocycles. The molecule has 3 fully saturated rings. The molecule has 1 aromatic rings. The molecule has 0 atom stereocenters. The summed E-state index contributed by atoms with van der Waals surface area (Å²) in [5.41, 5.74) is -0.369. The Balaban J connectivity index is 1.67. The van der Waals surface area contributed by atoms with Crippen LogP contribution >= 0.6 is 0 Å². The summed E-state index contributed by atoms with van der Waals surface area (Å²) in [5.74, 6) is 0.795. The van der Waals surface area contributed by atoms with Gasteiger partial charge in [-0.15, -0.1) is 0 Å². The minimum Gasteiger partial charge on any atom is -0.493 e. The standard InChI is InChI=1S/C22H32N2O5S/c1-28-19-11-10-18(14-20(19)29-2)30(26,27)23-15-21(25)24(17-8-4-5-9-17)22(16-23)12-6-3-7-13-22/h10-11,14,17H,3-9,12-13,15-16H2,1-2H3. The van der Waals surface area contributed by atoms with Gasteiger partial charge in [-0.2, -0.15) is 4.31 Å². The van der Waals surface area contributed by atoms with E-state index in [9.17, 15) is 13.2 Å². The summed E-state index contributed by atoms with van der Waals surface area (Å²) < 4.78 is 38.9. The van der Waals surface area contributed by atoms with Crippen LogP contribution in [0.2, 0.25) is 0 Å². The molecule has 3 aliphatic rings. The van der Waals surface area contributed by atoms with Gasteiger partial charge in [0.1, 0.15) is 0 Å². The number of carbonyl (C=O) groups is 1. The van der Waals surface area contributed by atoms with Crippen molar-refractivity contribution in [1.82, 2.24) is 9.21 Å². The zero-order chi connectivity index (χ0) is 21.4. The van der Waals surface area contributed by atoms with Gasteiger partial charge in [0.25, 0.3) is 0 Å². The molecule has 1 amide bonds. The highest BCUT2D eigenvalue weighted by molar-refractivity contribution is 7.89. The molecule has 1 spiro atoms. The van der Waals surface area contributed by atoms with Crippen molar-refractivity contribution >= 4 is 15.9 Å². The Hall–Kier alpha value is -1.80. The van der Waals surface area contributed by atoms with Crippen LogP contribution in [0.1, 0.15) is 57.8 Å². The maximum Gasteiger partial charge on any atom is 0.243 e. The fourth-order valence-electron chi connectivity index (χ4n) is 5.61. The molecule has 166 valence electrons. The van der Waals surface area contributed by atoms with E-state index < -0.39 is 10.0 Å². The lowest BCUT2D eigenvalue weighted by Crippen LogP contribution is -2.68. The third-order valence-corrected chi connectivity index (χ3v) is 8.82. The molecule has 30 heavy (non-hydrogen) atoms. The highest BCUT2D eigenvalue weighted by Crippen LogP contribution is 2.42. The quantitative estimate of drug-likeness (QED) is 0.709. The number of nitrogens with zero attached hydrogens (tertiary/aromatic N) is 2. The Morgan fingerprint density at radius 3 is 2.27 bits per heavy atom. The summed E-state index contributed by atoms with van der Waals surface area (Å²) in [6, 6.07) is 4.87. The number of hydrogen-bond acceptors (Lipinski definition) is 5. The first-order chi connectivity index (χ1) is 14.4. The summed E-state index contributed by atoms with van der Waals surface area (Å²) >= 11 is 0. The zero-order valence-electron chi connectivity index (χ0n) is 17.9. The molecule has 1 aromatic carbocycles. The van der Waals surface area contributed by atoms with Crippen molar-refractivity contribution in [2.45, 2.75) is 74.3 Å². The van der Waals surface area contributed by atoms with E-state index in [1.807, 2.05) is 0 Å². The van der Waals surface area contributed by atoms with E-state index in [0.29, 0.717) is 18.0 Å². The second-order valence-electron chi connectivity index (χ2n) is 8.78. The molecular formula is C22H32N2O5S. The second kappa shape index (κ2) is 8.38. The fraction of sp³-hybridized carbons (Fsp3) is 0.682. The SMILES string of the molecule is COc1ccc(S(=O)(=O)N2CC(=O)N(C3CCCC3)C3(CCCCC3)C2)cc1OC. The maximum absolute atomic E-state index is 13.5. The van der Waals surface area contributed by atoms with Gasteiger partial charge in [-0.05, 0) is 37.8 Å². The van der Waals surface area contributed by atoms with Crippen LogP contribution in [0, 0.1) is 0 Å². The molecule has 1 saturated heterocycles. The first kappa shape index (κ1) is 21.4. The van der Waals surface area contributed by atoms with Crippen LogP contribution in [0.4, 0.5) is 0 Å². The van der Waals surface area contributed by atoms with Crippen LogP contribution in [0.15, 0.2) is 23.1 Å². The average molecular weight is 437 g/mol. The van der Waals surface area contributed by atoms with Crippen LogP contribution in [0.3, 0.4) is 0 Å². The van der Waals surface area contributed by atoms with E-state index in [1.54, 1.807) is 6.07 Å². The van der Waals surface area contributed by atoms with E-state index >= 15 is 0 Å². The predicted octanol–water partition coefficient (Wildman–Crippen LogP) is 3.18. The number of hydrogen-bond donors (Lipinski definition) is 0. The molecular weight excluding hydrogens is 404 g/mol. The monoisotopic (exact) mass is 436 g/mol. The summed E-state index contributed by atoms with van der Waals surface area (Å²) in [4.78, 5) is 15.6. The number of rotatable bonds is 5. The minimum absolute atomic E-state index is 0.0425. The Labute approximate surface area is 179 Å². The van der Waals surface area contributed by atoms with Gasteiger partial charge in [0.05, 0.1) is 31.2 Å². The molecule has 0 aromatic heterocycles. The third-order valence-electron chi connectivity index (χ3n) is 7.03. The highest BCUT2D eigenvalue weighted by atomic mass is 32.2.